The maximum Gasteiger partial charge on any atom is 0.365 e. The van der Waals surface area contributed by atoms with Crippen molar-refractivity contribution in [1.29, 1.82) is 0 Å². The van der Waals surface area contributed by atoms with Gasteiger partial charge in [0.25, 0.3) is 0 Å². The summed E-state index contributed by atoms with van der Waals surface area (Å²) in [6.07, 6.45) is 2.23. The predicted molar refractivity (Wildman–Crippen MR) is 76.6 cm³/mol. The zero-order chi connectivity index (χ0) is 15.0. The number of rotatable bonds is 3. The first-order chi connectivity index (χ1) is 10.1. The van der Waals surface area contributed by atoms with E-state index in [0.29, 0.717) is 6.54 Å². The summed E-state index contributed by atoms with van der Waals surface area (Å²) in [7, 11) is 1.46. The topological polar surface area (TPSA) is 82.0 Å². The number of hydrogen-bond donors (Lipinski definition) is 1. The average molecular weight is 286 g/mol. The van der Waals surface area contributed by atoms with E-state index >= 15 is 0 Å². The van der Waals surface area contributed by atoms with E-state index in [1.165, 1.54) is 13.4 Å². The molecular weight excluding hydrogens is 272 g/mol. The molecule has 7 heteroatoms. The van der Waals surface area contributed by atoms with Gasteiger partial charge in [0.05, 0.1) is 6.33 Å². The van der Waals surface area contributed by atoms with E-state index in [-0.39, 0.29) is 15.9 Å². The van der Waals surface area contributed by atoms with E-state index in [1.807, 2.05) is 30.3 Å². The van der Waals surface area contributed by atoms with Gasteiger partial charge in [-0.3, -0.25) is 9.36 Å². The second-order valence-electron chi connectivity index (χ2n) is 4.80. The lowest BCUT2D eigenvalue weighted by atomic mass is 10.1. The first-order valence-electron chi connectivity index (χ1n) is 6.49. The quantitative estimate of drug-likeness (QED) is 0.706. The third kappa shape index (κ3) is 2.12. The molecule has 0 aliphatic rings. The van der Waals surface area contributed by atoms with Crippen LogP contribution in [-0.2, 0) is 20.0 Å². The van der Waals surface area contributed by atoms with E-state index in [4.69, 9.17) is 0 Å². The Morgan fingerprint density at radius 2 is 1.90 bits per heavy atom. The van der Waals surface area contributed by atoms with Crippen molar-refractivity contribution < 1.29 is 5.21 Å². The Morgan fingerprint density at radius 1 is 1.19 bits per heavy atom. The van der Waals surface area contributed by atoms with E-state index in [9.17, 15) is 14.8 Å². The van der Waals surface area contributed by atoms with Gasteiger partial charge in [0.2, 0.25) is 0 Å². The van der Waals surface area contributed by atoms with Gasteiger partial charge in [-0.25, -0.2) is 9.78 Å². The van der Waals surface area contributed by atoms with Gasteiger partial charge in [-0.15, -0.1) is 0 Å². The molecular formula is C14H14N4O3. The van der Waals surface area contributed by atoms with Crippen molar-refractivity contribution in [3.8, 4) is 0 Å². The summed E-state index contributed by atoms with van der Waals surface area (Å²) in [5, 5.41) is 9.54. The molecule has 0 spiro atoms. The van der Waals surface area contributed by atoms with Crippen LogP contribution in [0.1, 0.15) is 5.56 Å². The molecule has 3 aromatic rings. The van der Waals surface area contributed by atoms with E-state index < -0.39 is 11.2 Å². The molecule has 0 radical (unpaired) electrons. The summed E-state index contributed by atoms with van der Waals surface area (Å²) in [5.74, 6) is 0. The summed E-state index contributed by atoms with van der Waals surface area (Å²) in [4.78, 5) is 27.7. The molecule has 0 aliphatic heterocycles. The maximum absolute atomic E-state index is 12.0. The SMILES string of the molecule is Cn1c(=O)n(O)c(=O)c2c1ncn2CCc1ccccc1. The number of fused-ring (bicyclic) bond motifs is 1. The molecule has 0 saturated carbocycles. The summed E-state index contributed by atoms with van der Waals surface area (Å²) < 4.78 is 2.91. The molecule has 1 N–H and O–H groups in total. The van der Waals surface area contributed by atoms with Crippen LogP contribution >= 0.6 is 0 Å². The fourth-order valence-electron chi connectivity index (χ4n) is 2.32. The lowest BCUT2D eigenvalue weighted by molar-refractivity contribution is 0.158. The molecule has 7 nitrogen and oxygen atoms in total. The van der Waals surface area contributed by atoms with Crippen LogP contribution < -0.4 is 11.2 Å². The lowest BCUT2D eigenvalue weighted by Crippen LogP contribution is -2.38. The normalized spacial score (nSPS) is 11.1. The molecule has 1 aromatic carbocycles. The fourth-order valence-corrected chi connectivity index (χ4v) is 2.32. The maximum atomic E-state index is 12.0. The van der Waals surface area contributed by atoms with Gasteiger partial charge in [-0.05, 0) is 12.0 Å². The highest BCUT2D eigenvalue weighted by atomic mass is 16.5. The van der Waals surface area contributed by atoms with E-state index in [1.54, 1.807) is 4.57 Å². The Bertz CT molecular complexity index is 906. The molecule has 108 valence electrons. The fraction of sp³-hybridized carbons (Fsp3) is 0.214. The number of aryl methyl sites for hydroxylation is 3. The number of nitrogens with zero attached hydrogens (tertiary/aromatic N) is 4. The summed E-state index contributed by atoms with van der Waals surface area (Å²) >= 11 is 0. The zero-order valence-electron chi connectivity index (χ0n) is 11.4. The van der Waals surface area contributed by atoms with Gasteiger partial charge in [-0.2, -0.15) is 0 Å². The van der Waals surface area contributed by atoms with E-state index in [0.717, 1.165) is 16.6 Å². The Morgan fingerprint density at radius 3 is 2.62 bits per heavy atom. The Labute approximate surface area is 119 Å². The summed E-state index contributed by atoms with van der Waals surface area (Å²) in [6, 6.07) is 9.84. The number of imidazole rings is 1. The van der Waals surface area contributed by atoms with Crippen molar-refractivity contribution in [1.82, 2.24) is 18.8 Å². The largest absolute Gasteiger partial charge is 0.421 e. The Hall–Kier alpha value is -2.83. The van der Waals surface area contributed by atoms with Crippen LogP contribution in [0, 0.1) is 0 Å². The first-order valence-corrected chi connectivity index (χ1v) is 6.49. The molecule has 0 unspecified atom stereocenters. The molecule has 0 saturated heterocycles. The van der Waals surface area contributed by atoms with Crippen LogP contribution in [-0.4, -0.2) is 24.1 Å². The predicted octanol–water partition coefficient (Wildman–Crippen LogP) is 0.377. The smallest absolute Gasteiger partial charge is 0.365 e. The summed E-state index contributed by atoms with van der Waals surface area (Å²) in [6.45, 7) is 0.536. The van der Waals surface area contributed by atoms with Gasteiger partial charge in [0.15, 0.2) is 11.2 Å². The van der Waals surface area contributed by atoms with Crippen molar-refractivity contribution in [3.63, 3.8) is 0 Å². The molecule has 21 heavy (non-hydrogen) atoms. The molecule has 0 atom stereocenters. The third-order valence-corrected chi connectivity index (χ3v) is 3.48. The number of hydrogen-bond acceptors (Lipinski definition) is 4. The van der Waals surface area contributed by atoms with Gasteiger partial charge < -0.3 is 9.77 Å². The highest BCUT2D eigenvalue weighted by Gasteiger charge is 2.15. The molecule has 0 fully saturated rings. The van der Waals surface area contributed by atoms with Crippen molar-refractivity contribution in [2.75, 3.05) is 0 Å². The highest BCUT2D eigenvalue weighted by Crippen LogP contribution is 2.08. The zero-order valence-corrected chi connectivity index (χ0v) is 11.4. The average Bonchev–Trinajstić information content (AvgIpc) is 2.94. The van der Waals surface area contributed by atoms with Crippen molar-refractivity contribution in [3.05, 3.63) is 63.1 Å². The molecule has 0 amide bonds. The minimum absolute atomic E-state index is 0.114. The Balaban J connectivity index is 2.05. The Kier molecular flexibility index (Phi) is 3.09. The second kappa shape index (κ2) is 4.93. The van der Waals surface area contributed by atoms with E-state index in [2.05, 4.69) is 4.98 Å². The standard InChI is InChI=1S/C14H14N4O3/c1-16-12-11(13(19)18(21)14(16)20)17(9-15-12)8-7-10-5-3-2-4-6-10/h2-6,9,21H,7-8H2,1H3. The monoisotopic (exact) mass is 286 g/mol. The minimum atomic E-state index is -0.805. The summed E-state index contributed by atoms with van der Waals surface area (Å²) in [5.41, 5.74) is 0.0619. The van der Waals surface area contributed by atoms with Gasteiger partial charge in [0, 0.05) is 13.6 Å². The molecule has 0 aliphatic carbocycles. The van der Waals surface area contributed by atoms with Crippen LogP contribution in [0.2, 0.25) is 0 Å². The van der Waals surface area contributed by atoms with Crippen LogP contribution in [0.3, 0.4) is 0 Å². The number of benzene rings is 1. The van der Waals surface area contributed by atoms with Crippen molar-refractivity contribution >= 4 is 11.2 Å². The van der Waals surface area contributed by atoms with Gasteiger partial charge in [-0.1, -0.05) is 35.1 Å². The first kappa shape index (κ1) is 13.2. The molecule has 3 rings (SSSR count). The van der Waals surface area contributed by atoms with Crippen LogP contribution in [0.4, 0.5) is 0 Å². The van der Waals surface area contributed by atoms with Gasteiger partial charge >= 0.3 is 11.2 Å². The minimum Gasteiger partial charge on any atom is -0.421 e. The molecule has 2 aromatic heterocycles. The lowest BCUT2D eigenvalue weighted by Gasteiger charge is -2.06. The number of aromatic nitrogens is 4. The molecule has 2 heterocycles. The molecule has 0 bridgehead atoms. The highest BCUT2D eigenvalue weighted by molar-refractivity contribution is 5.69. The van der Waals surface area contributed by atoms with Crippen molar-refractivity contribution in [2.45, 2.75) is 13.0 Å². The second-order valence-corrected chi connectivity index (χ2v) is 4.80. The van der Waals surface area contributed by atoms with Gasteiger partial charge in [0.1, 0.15) is 0 Å². The van der Waals surface area contributed by atoms with Crippen LogP contribution in [0.25, 0.3) is 11.2 Å². The van der Waals surface area contributed by atoms with Crippen LogP contribution in [0.15, 0.2) is 46.2 Å². The third-order valence-electron chi connectivity index (χ3n) is 3.48. The van der Waals surface area contributed by atoms with Crippen molar-refractivity contribution in [2.24, 2.45) is 7.05 Å². The van der Waals surface area contributed by atoms with Crippen LogP contribution in [0.5, 0.6) is 0 Å².